The van der Waals surface area contributed by atoms with E-state index in [-0.39, 0.29) is 0 Å². The highest BCUT2D eigenvalue weighted by molar-refractivity contribution is 7.99. The van der Waals surface area contributed by atoms with Crippen LogP contribution >= 0.6 is 11.8 Å². The Hall–Kier alpha value is -0.950. The number of methoxy groups -OCH3 is 1. The lowest BCUT2D eigenvalue weighted by atomic mass is 10.0. The van der Waals surface area contributed by atoms with Crippen LogP contribution in [0.3, 0.4) is 0 Å². The van der Waals surface area contributed by atoms with Crippen LogP contribution in [0.1, 0.15) is 24.8 Å². The van der Waals surface area contributed by atoms with E-state index in [2.05, 4.69) is 21.9 Å². The van der Waals surface area contributed by atoms with Crippen LogP contribution in [0, 0.1) is 11.8 Å². The fraction of sp³-hybridized carbons (Fsp3) is 0.727. The fourth-order valence-electron chi connectivity index (χ4n) is 4.97. The minimum Gasteiger partial charge on any atom is -0.493 e. The minimum atomic E-state index is -0.466. The van der Waals surface area contributed by atoms with E-state index in [1.54, 1.807) is 7.11 Å². The minimum absolute atomic E-state index is 0.312. The van der Waals surface area contributed by atoms with E-state index < -0.39 is 6.10 Å². The van der Waals surface area contributed by atoms with Crippen molar-refractivity contribution in [3.05, 3.63) is 23.8 Å². The number of rotatable bonds is 8. The second-order valence-corrected chi connectivity index (χ2v) is 9.73. The van der Waals surface area contributed by atoms with Gasteiger partial charge in [0.15, 0.2) is 11.5 Å². The molecule has 2 saturated heterocycles. The van der Waals surface area contributed by atoms with E-state index in [0.29, 0.717) is 13.2 Å². The van der Waals surface area contributed by atoms with Crippen LogP contribution in [0.5, 0.6) is 11.5 Å². The summed E-state index contributed by atoms with van der Waals surface area (Å²) >= 11 is 2.03. The van der Waals surface area contributed by atoms with Gasteiger partial charge in [-0.2, -0.15) is 11.8 Å². The van der Waals surface area contributed by atoms with Crippen molar-refractivity contribution < 1.29 is 14.6 Å². The third-order valence-corrected chi connectivity index (χ3v) is 7.38. The lowest BCUT2D eigenvalue weighted by Crippen LogP contribution is -2.34. The van der Waals surface area contributed by atoms with Crippen LogP contribution < -0.4 is 9.47 Å². The molecule has 1 unspecified atom stereocenters. The van der Waals surface area contributed by atoms with Crippen LogP contribution in [0.15, 0.2) is 18.2 Å². The molecule has 4 rings (SSSR count). The predicted octanol–water partition coefficient (Wildman–Crippen LogP) is 2.72. The van der Waals surface area contributed by atoms with Gasteiger partial charge in [-0.3, -0.25) is 4.90 Å². The first-order chi connectivity index (χ1) is 13.7. The fourth-order valence-corrected chi connectivity index (χ4v) is 5.95. The average molecular weight is 407 g/mol. The summed E-state index contributed by atoms with van der Waals surface area (Å²) < 4.78 is 11.5. The number of likely N-dealkylation sites (tertiary alicyclic amines) is 1. The van der Waals surface area contributed by atoms with Crippen LogP contribution in [-0.4, -0.2) is 79.0 Å². The smallest absolute Gasteiger partial charge is 0.161 e. The molecule has 156 valence electrons. The molecule has 1 aromatic carbocycles. The van der Waals surface area contributed by atoms with Crippen molar-refractivity contribution in [3.8, 4) is 11.5 Å². The number of ether oxygens (including phenoxy) is 2. The molecule has 0 radical (unpaired) electrons. The topological polar surface area (TPSA) is 45.2 Å². The van der Waals surface area contributed by atoms with Crippen molar-refractivity contribution in [2.75, 3.05) is 57.9 Å². The molecule has 1 N–H and O–H groups in total. The van der Waals surface area contributed by atoms with Crippen molar-refractivity contribution in [1.29, 1.82) is 0 Å². The maximum absolute atomic E-state index is 10.5. The normalized spacial score (nSPS) is 26.9. The number of fused-ring (bicyclic) bond motifs is 1. The second kappa shape index (κ2) is 9.70. The lowest BCUT2D eigenvalue weighted by molar-refractivity contribution is 0.0722. The van der Waals surface area contributed by atoms with Gasteiger partial charge in [0.05, 0.1) is 7.11 Å². The molecule has 0 spiro atoms. The summed E-state index contributed by atoms with van der Waals surface area (Å²) in [5.74, 6) is 5.62. The van der Waals surface area contributed by atoms with E-state index in [9.17, 15) is 5.11 Å². The maximum Gasteiger partial charge on any atom is 0.161 e. The highest BCUT2D eigenvalue weighted by Gasteiger charge is 2.36. The van der Waals surface area contributed by atoms with Crippen molar-refractivity contribution >= 4 is 11.8 Å². The van der Waals surface area contributed by atoms with Crippen LogP contribution in [0.2, 0.25) is 0 Å². The lowest BCUT2D eigenvalue weighted by Gasteiger charge is -2.26. The third kappa shape index (κ3) is 5.15. The third-order valence-electron chi connectivity index (χ3n) is 6.44. The summed E-state index contributed by atoms with van der Waals surface area (Å²) in [5, 5.41) is 10.5. The molecule has 3 aliphatic rings. The molecule has 2 aliphatic heterocycles. The molecule has 0 bridgehead atoms. The second-order valence-electron chi connectivity index (χ2n) is 8.51. The number of aliphatic hydroxyl groups excluding tert-OH is 1. The molecule has 0 aromatic heterocycles. The number of benzene rings is 1. The van der Waals surface area contributed by atoms with Gasteiger partial charge in [-0.15, -0.1) is 0 Å². The Morgan fingerprint density at radius 3 is 2.57 bits per heavy atom. The number of β-amino-alcohol motifs (C(OH)–C–C–N with tert-alkyl or cyclic N) is 1. The van der Waals surface area contributed by atoms with Gasteiger partial charge in [-0.1, -0.05) is 12.5 Å². The molecule has 1 aliphatic carbocycles. The number of thioether (sulfide) groups is 1. The Kier molecular flexibility index (Phi) is 7.04. The SMILES string of the molecule is COc1ccc(CN2CCSCC2)cc1OCC(O)CN1C[C@H]2CCC[C@H]2C1. The molecule has 0 amide bonds. The van der Waals surface area contributed by atoms with Gasteiger partial charge >= 0.3 is 0 Å². The standard InChI is InChI=1S/C22H34N2O3S/c1-26-21-6-5-17(12-23-7-9-28-10-8-23)11-22(21)27-16-20(25)15-24-13-18-3-2-4-19(18)14-24/h5-6,11,18-20,25H,2-4,7-10,12-16H2,1H3/t18-,19+,20?. The number of hydrogen-bond acceptors (Lipinski definition) is 6. The van der Waals surface area contributed by atoms with Gasteiger partial charge in [-0.05, 0) is 42.4 Å². The maximum atomic E-state index is 10.5. The molecule has 6 heteroatoms. The van der Waals surface area contributed by atoms with Crippen molar-refractivity contribution in [2.45, 2.75) is 31.9 Å². The molecule has 3 atom stereocenters. The summed E-state index contributed by atoms with van der Waals surface area (Å²) in [7, 11) is 1.67. The molecular formula is C22H34N2O3S. The number of nitrogens with zero attached hydrogens (tertiary/aromatic N) is 2. The molecule has 1 aromatic rings. The van der Waals surface area contributed by atoms with E-state index in [0.717, 1.165) is 56.1 Å². The van der Waals surface area contributed by atoms with Crippen molar-refractivity contribution in [1.82, 2.24) is 9.80 Å². The largest absolute Gasteiger partial charge is 0.493 e. The van der Waals surface area contributed by atoms with Crippen molar-refractivity contribution in [2.24, 2.45) is 11.8 Å². The average Bonchev–Trinajstić information content (AvgIpc) is 3.29. The Bertz CT molecular complexity index is 626. The molecule has 3 fully saturated rings. The summed E-state index contributed by atoms with van der Waals surface area (Å²) in [6.07, 6.45) is 3.66. The van der Waals surface area contributed by atoms with E-state index >= 15 is 0 Å². The van der Waals surface area contributed by atoms with Crippen LogP contribution in [0.4, 0.5) is 0 Å². The quantitative estimate of drug-likeness (QED) is 0.716. The van der Waals surface area contributed by atoms with Gasteiger partial charge in [0.2, 0.25) is 0 Å². The zero-order valence-corrected chi connectivity index (χ0v) is 17.8. The summed E-state index contributed by atoms with van der Waals surface area (Å²) in [6.45, 7) is 6.54. The Balaban J connectivity index is 1.29. The molecule has 2 heterocycles. The summed E-state index contributed by atoms with van der Waals surface area (Å²) in [4.78, 5) is 4.91. The highest BCUT2D eigenvalue weighted by Crippen LogP contribution is 2.37. The molecule has 5 nitrogen and oxygen atoms in total. The van der Waals surface area contributed by atoms with E-state index in [1.165, 1.54) is 36.3 Å². The molecule has 1 saturated carbocycles. The highest BCUT2D eigenvalue weighted by atomic mass is 32.2. The first-order valence-corrected chi connectivity index (χ1v) is 11.9. The Morgan fingerprint density at radius 2 is 1.86 bits per heavy atom. The van der Waals surface area contributed by atoms with Crippen LogP contribution in [0.25, 0.3) is 0 Å². The zero-order valence-electron chi connectivity index (χ0n) is 17.0. The van der Waals surface area contributed by atoms with Crippen LogP contribution in [-0.2, 0) is 6.54 Å². The van der Waals surface area contributed by atoms with E-state index in [1.807, 2.05) is 17.8 Å². The Labute approximate surface area is 173 Å². The first kappa shape index (κ1) is 20.3. The van der Waals surface area contributed by atoms with Gasteiger partial charge in [0.25, 0.3) is 0 Å². The summed E-state index contributed by atoms with van der Waals surface area (Å²) in [6, 6.07) is 6.18. The van der Waals surface area contributed by atoms with Gasteiger partial charge in [0, 0.05) is 50.8 Å². The predicted molar refractivity (Wildman–Crippen MR) is 114 cm³/mol. The van der Waals surface area contributed by atoms with Gasteiger partial charge in [0.1, 0.15) is 12.7 Å². The number of hydrogen-bond donors (Lipinski definition) is 1. The van der Waals surface area contributed by atoms with E-state index in [4.69, 9.17) is 9.47 Å². The number of aliphatic hydroxyl groups is 1. The monoisotopic (exact) mass is 406 g/mol. The van der Waals surface area contributed by atoms with Gasteiger partial charge in [-0.25, -0.2) is 0 Å². The molecular weight excluding hydrogens is 372 g/mol. The van der Waals surface area contributed by atoms with Gasteiger partial charge < -0.3 is 19.5 Å². The molecule has 28 heavy (non-hydrogen) atoms. The summed E-state index contributed by atoms with van der Waals surface area (Å²) in [5.41, 5.74) is 1.24. The van der Waals surface area contributed by atoms with Crippen molar-refractivity contribution in [3.63, 3.8) is 0 Å². The zero-order chi connectivity index (χ0) is 19.3. The Morgan fingerprint density at radius 1 is 1.11 bits per heavy atom. The first-order valence-electron chi connectivity index (χ1n) is 10.7.